The van der Waals surface area contributed by atoms with Crippen LogP contribution in [-0.4, -0.2) is 31.6 Å². The molecule has 0 bridgehead atoms. The molecular weight excluding hydrogens is 344 g/mol. The van der Waals surface area contributed by atoms with E-state index in [0.29, 0.717) is 31.8 Å². The van der Waals surface area contributed by atoms with E-state index in [1.807, 2.05) is 54.6 Å². The normalized spacial score (nSPS) is 16.5. The summed E-state index contributed by atoms with van der Waals surface area (Å²) in [7, 11) is 0. The van der Waals surface area contributed by atoms with E-state index in [4.69, 9.17) is 20.9 Å². The molecular formula is C20H24N4O3. The predicted octanol–water partition coefficient (Wildman–Crippen LogP) is 2.49. The van der Waals surface area contributed by atoms with Crippen molar-refractivity contribution in [3.8, 4) is 11.5 Å². The van der Waals surface area contributed by atoms with Crippen LogP contribution >= 0.6 is 0 Å². The molecule has 0 saturated carbocycles. The molecule has 1 amide bonds. The van der Waals surface area contributed by atoms with Crippen molar-refractivity contribution in [1.82, 2.24) is 0 Å². The van der Waals surface area contributed by atoms with Crippen LogP contribution in [0.2, 0.25) is 0 Å². The van der Waals surface area contributed by atoms with Gasteiger partial charge in [0.2, 0.25) is 5.91 Å². The third-order valence-corrected chi connectivity index (χ3v) is 4.61. The summed E-state index contributed by atoms with van der Waals surface area (Å²) >= 11 is 0. The molecule has 7 heteroatoms. The van der Waals surface area contributed by atoms with Gasteiger partial charge < -0.3 is 26.3 Å². The number of nitrogens with one attached hydrogen (secondary N) is 1. The number of guanidine groups is 1. The zero-order valence-corrected chi connectivity index (χ0v) is 15.1. The van der Waals surface area contributed by atoms with Gasteiger partial charge in [-0.15, -0.1) is 0 Å². The topological polar surface area (TPSA) is 112 Å². The Morgan fingerprint density at radius 1 is 1.07 bits per heavy atom. The number of carbonyl (C=O) groups excluding carboxylic acids is 1. The number of hydrogen-bond acceptors (Lipinski definition) is 4. The summed E-state index contributed by atoms with van der Waals surface area (Å²) in [6, 6.07) is 16.9. The van der Waals surface area contributed by atoms with Gasteiger partial charge in [-0.05, 0) is 37.1 Å². The van der Waals surface area contributed by atoms with Crippen molar-refractivity contribution >= 4 is 17.6 Å². The van der Waals surface area contributed by atoms with E-state index in [9.17, 15) is 4.79 Å². The third kappa shape index (κ3) is 4.98. The highest BCUT2D eigenvalue weighted by molar-refractivity contribution is 5.92. The molecule has 2 aromatic rings. The Kier molecular flexibility index (Phi) is 5.93. The molecule has 1 saturated heterocycles. The SMILES string of the molecule is NC(=O)C1(CN=C(N)Nc2cccc(Oc3ccccc3)c2)CCOCC1. The fraction of sp³-hybridized carbons (Fsp3) is 0.300. The van der Waals surface area contributed by atoms with Gasteiger partial charge in [0.05, 0.1) is 12.0 Å². The molecule has 1 heterocycles. The number of amides is 1. The molecule has 0 aliphatic carbocycles. The molecule has 142 valence electrons. The summed E-state index contributed by atoms with van der Waals surface area (Å²) in [4.78, 5) is 16.2. The Balaban J connectivity index is 1.64. The second kappa shape index (κ2) is 8.55. The number of nitrogens with two attached hydrogens (primary N) is 2. The summed E-state index contributed by atoms with van der Waals surface area (Å²) in [6.45, 7) is 1.25. The Labute approximate surface area is 158 Å². The average Bonchev–Trinajstić information content (AvgIpc) is 2.68. The highest BCUT2D eigenvalue weighted by atomic mass is 16.5. The molecule has 0 aromatic heterocycles. The van der Waals surface area contributed by atoms with E-state index in [1.54, 1.807) is 0 Å². The summed E-state index contributed by atoms with van der Waals surface area (Å²) in [6.07, 6.45) is 1.11. The highest BCUT2D eigenvalue weighted by Gasteiger charge is 2.38. The molecule has 1 fully saturated rings. The number of aliphatic imine (C=N–C) groups is 1. The fourth-order valence-corrected chi connectivity index (χ4v) is 2.93. The van der Waals surface area contributed by atoms with Crippen LogP contribution in [0.15, 0.2) is 59.6 Å². The van der Waals surface area contributed by atoms with Gasteiger partial charge in [0.25, 0.3) is 0 Å². The lowest BCUT2D eigenvalue weighted by Crippen LogP contribution is -2.44. The van der Waals surface area contributed by atoms with Gasteiger partial charge in [-0.25, -0.2) is 0 Å². The number of primary amides is 1. The first-order valence-corrected chi connectivity index (χ1v) is 8.85. The minimum atomic E-state index is -0.692. The van der Waals surface area contributed by atoms with E-state index in [0.717, 1.165) is 11.4 Å². The second-order valence-corrected chi connectivity index (χ2v) is 6.53. The lowest BCUT2D eigenvalue weighted by molar-refractivity contribution is -0.132. The summed E-state index contributed by atoms with van der Waals surface area (Å²) in [5.74, 6) is 1.29. The molecule has 2 aromatic carbocycles. The Bertz CT molecular complexity index is 802. The summed E-state index contributed by atoms with van der Waals surface area (Å²) in [5, 5.41) is 3.03. The average molecular weight is 368 g/mol. The van der Waals surface area contributed by atoms with Crippen LogP contribution in [-0.2, 0) is 9.53 Å². The number of nitrogens with zero attached hydrogens (tertiary/aromatic N) is 1. The van der Waals surface area contributed by atoms with Gasteiger partial charge >= 0.3 is 0 Å². The quantitative estimate of drug-likeness (QED) is 0.536. The van der Waals surface area contributed by atoms with Crippen molar-refractivity contribution in [3.63, 3.8) is 0 Å². The van der Waals surface area contributed by atoms with Crippen molar-refractivity contribution < 1.29 is 14.3 Å². The maximum absolute atomic E-state index is 11.9. The maximum atomic E-state index is 11.9. The number of hydrogen-bond donors (Lipinski definition) is 3. The van der Waals surface area contributed by atoms with Crippen LogP contribution in [0.25, 0.3) is 0 Å². The number of ether oxygens (including phenoxy) is 2. The first-order chi connectivity index (χ1) is 13.1. The van der Waals surface area contributed by atoms with Gasteiger partial charge in [-0.3, -0.25) is 9.79 Å². The van der Waals surface area contributed by atoms with E-state index in [-0.39, 0.29) is 18.4 Å². The smallest absolute Gasteiger partial charge is 0.225 e. The molecule has 0 spiro atoms. The van der Waals surface area contributed by atoms with Gasteiger partial charge in [0.1, 0.15) is 11.5 Å². The maximum Gasteiger partial charge on any atom is 0.225 e. The van der Waals surface area contributed by atoms with Crippen molar-refractivity contribution in [3.05, 3.63) is 54.6 Å². The molecule has 7 nitrogen and oxygen atoms in total. The lowest BCUT2D eigenvalue weighted by atomic mass is 9.79. The zero-order chi connectivity index (χ0) is 19.1. The lowest BCUT2D eigenvalue weighted by Gasteiger charge is -2.32. The molecule has 27 heavy (non-hydrogen) atoms. The number of carbonyl (C=O) groups is 1. The van der Waals surface area contributed by atoms with E-state index in [1.165, 1.54) is 0 Å². The summed E-state index contributed by atoms with van der Waals surface area (Å²) < 4.78 is 11.1. The first kappa shape index (κ1) is 18.7. The summed E-state index contributed by atoms with van der Waals surface area (Å²) in [5.41, 5.74) is 11.6. The monoisotopic (exact) mass is 368 g/mol. The Morgan fingerprint density at radius 2 is 1.78 bits per heavy atom. The molecule has 1 aliphatic heterocycles. The van der Waals surface area contributed by atoms with E-state index < -0.39 is 5.41 Å². The first-order valence-electron chi connectivity index (χ1n) is 8.85. The van der Waals surface area contributed by atoms with Crippen molar-refractivity contribution in [2.75, 3.05) is 25.1 Å². The minimum Gasteiger partial charge on any atom is -0.457 e. The molecule has 0 radical (unpaired) electrons. The molecule has 0 atom stereocenters. The van der Waals surface area contributed by atoms with Crippen molar-refractivity contribution in [2.24, 2.45) is 21.9 Å². The third-order valence-electron chi connectivity index (χ3n) is 4.61. The predicted molar refractivity (Wildman–Crippen MR) is 105 cm³/mol. The van der Waals surface area contributed by atoms with Gasteiger partial charge in [0.15, 0.2) is 5.96 Å². The Morgan fingerprint density at radius 3 is 2.48 bits per heavy atom. The number of benzene rings is 2. The van der Waals surface area contributed by atoms with Gasteiger partial charge in [-0.2, -0.15) is 0 Å². The number of para-hydroxylation sites is 1. The second-order valence-electron chi connectivity index (χ2n) is 6.53. The Hall–Kier alpha value is -3.06. The van der Waals surface area contributed by atoms with Crippen LogP contribution in [0.3, 0.4) is 0 Å². The van der Waals surface area contributed by atoms with Gasteiger partial charge in [-0.1, -0.05) is 24.3 Å². The zero-order valence-electron chi connectivity index (χ0n) is 15.1. The fourth-order valence-electron chi connectivity index (χ4n) is 2.93. The van der Waals surface area contributed by atoms with Gasteiger partial charge in [0, 0.05) is 25.0 Å². The van der Waals surface area contributed by atoms with Crippen LogP contribution in [0, 0.1) is 5.41 Å². The van der Waals surface area contributed by atoms with E-state index >= 15 is 0 Å². The minimum absolute atomic E-state index is 0.221. The molecule has 3 rings (SSSR count). The van der Waals surface area contributed by atoms with Crippen LogP contribution in [0.1, 0.15) is 12.8 Å². The van der Waals surface area contributed by atoms with E-state index in [2.05, 4.69) is 10.3 Å². The molecule has 5 N–H and O–H groups in total. The van der Waals surface area contributed by atoms with Crippen LogP contribution < -0.4 is 21.5 Å². The van der Waals surface area contributed by atoms with Crippen LogP contribution in [0.5, 0.6) is 11.5 Å². The largest absolute Gasteiger partial charge is 0.457 e. The number of rotatable bonds is 6. The molecule has 0 unspecified atom stereocenters. The highest BCUT2D eigenvalue weighted by Crippen LogP contribution is 2.30. The van der Waals surface area contributed by atoms with Crippen LogP contribution in [0.4, 0.5) is 5.69 Å². The van der Waals surface area contributed by atoms with Crippen molar-refractivity contribution in [2.45, 2.75) is 12.8 Å². The van der Waals surface area contributed by atoms with Crippen molar-refractivity contribution in [1.29, 1.82) is 0 Å². The molecule has 1 aliphatic rings. The number of anilines is 1. The standard InChI is InChI=1S/C20H24N4O3/c21-18(25)20(9-11-26-12-10-20)14-23-19(22)24-15-5-4-8-17(13-15)27-16-6-2-1-3-7-16/h1-8,13H,9-12,14H2,(H2,21,25)(H3,22,23,24).